The van der Waals surface area contributed by atoms with Crippen LogP contribution in [0, 0.1) is 0 Å². The molecule has 3 rings (SSSR count). The fraction of sp³-hybridized carbons (Fsp3) is 0.364. The molecule has 5 nitrogen and oxygen atoms in total. The van der Waals surface area contributed by atoms with Crippen molar-refractivity contribution in [1.82, 2.24) is 4.90 Å². The van der Waals surface area contributed by atoms with Gasteiger partial charge in [0.1, 0.15) is 5.75 Å². The third kappa shape index (κ3) is 5.58. The second kappa shape index (κ2) is 9.21. The minimum Gasteiger partial charge on any atom is -0.497 e. The van der Waals surface area contributed by atoms with Crippen molar-refractivity contribution in [2.24, 2.45) is 0 Å². The molecule has 0 spiro atoms. The van der Waals surface area contributed by atoms with Gasteiger partial charge in [-0.3, -0.25) is 9.59 Å². The highest BCUT2D eigenvalue weighted by atomic mass is 16.5. The van der Waals surface area contributed by atoms with Crippen LogP contribution in [0.2, 0.25) is 0 Å². The number of methoxy groups -OCH3 is 1. The van der Waals surface area contributed by atoms with Crippen LogP contribution in [0.4, 0.5) is 5.69 Å². The normalized spacial score (nSPS) is 13.4. The molecular formula is C22H26N2O3. The quantitative estimate of drug-likeness (QED) is 0.817. The lowest BCUT2D eigenvalue weighted by Gasteiger charge is -2.15. The number of ether oxygens (including phenoxy) is 1. The van der Waals surface area contributed by atoms with E-state index in [2.05, 4.69) is 5.32 Å². The van der Waals surface area contributed by atoms with E-state index < -0.39 is 0 Å². The largest absolute Gasteiger partial charge is 0.497 e. The maximum atomic E-state index is 12.2. The highest BCUT2D eigenvalue weighted by Crippen LogP contribution is 2.15. The number of carbonyl (C=O) groups is 2. The number of aryl methyl sites for hydroxylation is 1. The smallest absolute Gasteiger partial charge is 0.228 e. The van der Waals surface area contributed by atoms with E-state index in [1.165, 1.54) is 0 Å². The van der Waals surface area contributed by atoms with Crippen LogP contribution in [-0.4, -0.2) is 36.9 Å². The van der Waals surface area contributed by atoms with Crippen molar-refractivity contribution in [3.63, 3.8) is 0 Å². The SMILES string of the molecule is COc1ccc(CC(=O)Nc2ccc(CCC(=O)N3CCCC3)cc2)cc1. The first kappa shape index (κ1) is 19.0. The standard InChI is InChI=1S/C22H26N2O3/c1-27-20-11-6-18(7-12-20)16-21(25)23-19-9-4-17(5-10-19)8-13-22(26)24-14-2-3-15-24/h4-7,9-12H,2-3,8,13-16H2,1H3,(H,23,25). The first-order valence-electron chi connectivity index (χ1n) is 9.43. The number of carbonyl (C=O) groups excluding carboxylic acids is 2. The van der Waals surface area contributed by atoms with Gasteiger partial charge in [0, 0.05) is 25.2 Å². The number of anilines is 1. The van der Waals surface area contributed by atoms with Gasteiger partial charge in [-0.15, -0.1) is 0 Å². The van der Waals surface area contributed by atoms with Gasteiger partial charge >= 0.3 is 0 Å². The Morgan fingerprint density at radius 3 is 2.22 bits per heavy atom. The van der Waals surface area contributed by atoms with E-state index in [0.717, 1.165) is 54.9 Å². The minimum atomic E-state index is -0.0582. The summed E-state index contributed by atoms with van der Waals surface area (Å²) in [6.45, 7) is 1.80. The Balaban J connectivity index is 1.46. The summed E-state index contributed by atoms with van der Waals surface area (Å²) in [5, 5.41) is 2.91. The van der Waals surface area contributed by atoms with Crippen LogP contribution in [0.5, 0.6) is 5.75 Å². The van der Waals surface area contributed by atoms with E-state index >= 15 is 0 Å². The zero-order valence-corrected chi connectivity index (χ0v) is 15.7. The Hall–Kier alpha value is -2.82. The fourth-order valence-corrected chi connectivity index (χ4v) is 3.26. The highest BCUT2D eigenvalue weighted by Gasteiger charge is 2.17. The van der Waals surface area contributed by atoms with Gasteiger partial charge in [0.25, 0.3) is 0 Å². The van der Waals surface area contributed by atoms with Gasteiger partial charge in [-0.25, -0.2) is 0 Å². The number of nitrogens with zero attached hydrogens (tertiary/aromatic N) is 1. The molecule has 2 aromatic rings. The number of benzene rings is 2. The predicted octanol–water partition coefficient (Wildman–Crippen LogP) is 3.43. The molecule has 2 aromatic carbocycles. The number of hydrogen-bond donors (Lipinski definition) is 1. The summed E-state index contributed by atoms with van der Waals surface area (Å²) in [5.74, 6) is 0.958. The zero-order valence-electron chi connectivity index (χ0n) is 15.7. The first-order chi connectivity index (χ1) is 13.1. The summed E-state index contributed by atoms with van der Waals surface area (Å²) in [7, 11) is 1.62. The summed E-state index contributed by atoms with van der Waals surface area (Å²) in [5.41, 5.74) is 2.81. The van der Waals surface area contributed by atoms with Crippen LogP contribution in [-0.2, 0) is 22.4 Å². The summed E-state index contributed by atoms with van der Waals surface area (Å²) < 4.78 is 5.12. The molecule has 0 saturated carbocycles. The molecule has 0 aromatic heterocycles. The molecule has 1 aliphatic rings. The van der Waals surface area contributed by atoms with Crippen LogP contribution < -0.4 is 10.1 Å². The molecule has 1 heterocycles. The molecule has 1 aliphatic heterocycles. The van der Waals surface area contributed by atoms with Crippen LogP contribution >= 0.6 is 0 Å². The van der Waals surface area contributed by atoms with Crippen LogP contribution in [0.25, 0.3) is 0 Å². The van der Waals surface area contributed by atoms with E-state index in [4.69, 9.17) is 4.74 Å². The monoisotopic (exact) mass is 366 g/mol. The topological polar surface area (TPSA) is 58.6 Å². The second-order valence-electron chi connectivity index (χ2n) is 6.86. The van der Waals surface area contributed by atoms with E-state index in [-0.39, 0.29) is 11.8 Å². The summed E-state index contributed by atoms with van der Waals surface area (Å²) in [6, 6.07) is 15.2. The Labute approximate surface area is 160 Å². The van der Waals surface area contributed by atoms with Crippen LogP contribution in [0.1, 0.15) is 30.4 Å². The molecule has 0 radical (unpaired) electrons. The molecule has 0 unspecified atom stereocenters. The van der Waals surface area contributed by atoms with Crippen molar-refractivity contribution in [2.45, 2.75) is 32.1 Å². The van der Waals surface area contributed by atoms with Gasteiger partial charge in [-0.2, -0.15) is 0 Å². The van der Waals surface area contributed by atoms with E-state index in [1.807, 2.05) is 53.4 Å². The van der Waals surface area contributed by atoms with Gasteiger partial charge in [-0.1, -0.05) is 24.3 Å². The fourth-order valence-electron chi connectivity index (χ4n) is 3.26. The molecular weight excluding hydrogens is 340 g/mol. The molecule has 0 atom stereocenters. The molecule has 0 bridgehead atoms. The molecule has 0 aliphatic carbocycles. The molecule has 27 heavy (non-hydrogen) atoms. The van der Waals surface area contributed by atoms with Gasteiger partial charge in [0.2, 0.25) is 11.8 Å². The number of hydrogen-bond acceptors (Lipinski definition) is 3. The molecule has 142 valence electrons. The Kier molecular flexibility index (Phi) is 6.47. The van der Waals surface area contributed by atoms with Crippen molar-refractivity contribution in [3.8, 4) is 5.75 Å². The van der Waals surface area contributed by atoms with Crippen LogP contribution in [0.3, 0.4) is 0 Å². The Morgan fingerprint density at radius 2 is 1.59 bits per heavy atom. The Bertz CT molecular complexity index is 763. The Morgan fingerprint density at radius 1 is 0.963 bits per heavy atom. The van der Waals surface area contributed by atoms with Gasteiger partial charge in [0.05, 0.1) is 13.5 Å². The molecule has 1 N–H and O–H groups in total. The second-order valence-corrected chi connectivity index (χ2v) is 6.86. The van der Waals surface area contributed by atoms with E-state index in [0.29, 0.717) is 12.8 Å². The van der Waals surface area contributed by atoms with E-state index in [9.17, 15) is 9.59 Å². The number of nitrogens with one attached hydrogen (secondary N) is 1. The maximum Gasteiger partial charge on any atom is 0.228 e. The minimum absolute atomic E-state index is 0.0582. The lowest BCUT2D eigenvalue weighted by atomic mass is 10.1. The average Bonchev–Trinajstić information content (AvgIpc) is 3.23. The summed E-state index contributed by atoms with van der Waals surface area (Å²) in [6.07, 6.45) is 3.84. The first-order valence-corrected chi connectivity index (χ1v) is 9.43. The lowest BCUT2D eigenvalue weighted by molar-refractivity contribution is -0.130. The highest BCUT2D eigenvalue weighted by molar-refractivity contribution is 5.92. The zero-order chi connectivity index (χ0) is 19.1. The van der Waals surface area contributed by atoms with Gasteiger partial charge < -0.3 is 15.0 Å². The van der Waals surface area contributed by atoms with Crippen LogP contribution in [0.15, 0.2) is 48.5 Å². The van der Waals surface area contributed by atoms with Gasteiger partial charge in [-0.05, 0) is 54.7 Å². The molecule has 5 heteroatoms. The van der Waals surface area contributed by atoms with Crippen molar-refractivity contribution < 1.29 is 14.3 Å². The van der Waals surface area contributed by atoms with Crippen molar-refractivity contribution in [2.75, 3.05) is 25.5 Å². The maximum absolute atomic E-state index is 12.2. The summed E-state index contributed by atoms with van der Waals surface area (Å²) in [4.78, 5) is 26.2. The third-order valence-electron chi connectivity index (χ3n) is 4.85. The molecule has 1 fully saturated rings. The number of amides is 2. The number of rotatable bonds is 7. The molecule has 2 amide bonds. The number of likely N-dealkylation sites (tertiary alicyclic amines) is 1. The van der Waals surface area contributed by atoms with Crippen molar-refractivity contribution >= 4 is 17.5 Å². The van der Waals surface area contributed by atoms with Gasteiger partial charge in [0.15, 0.2) is 0 Å². The third-order valence-corrected chi connectivity index (χ3v) is 4.85. The van der Waals surface area contributed by atoms with Crippen molar-refractivity contribution in [1.29, 1.82) is 0 Å². The van der Waals surface area contributed by atoms with Crippen molar-refractivity contribution in [3.05, 3.63) is 59.7 Å². The average molecular weight is 366 g/mol. The molecule has 1 saturated heterocycles. The summed E-state index contributed by atoms with van der Waals surface area (Å²) >= 11 is 0. The van der Waals surface area contributed by atoms with E-state index in [1.54, 1.807) is 7.11 Å². The lowest BCUT2D eigenvalue weighted by Crippen LogP contribution is -2.27. The predicted molar refractivity (Wildman–Crippen MR) is 106 cm³/mol.